The highest BCUT2D eigenvalue weighted by atomic mass is 35.5. The Kier molecular flexibility index (Phi) is 4.82. The molecular weight excluding hydrogens is 326 g/mol. The third-order valence-corrected chi connectivity index (χ3v) is 4.05. The predicted molar refractivity (Wildman–Crippen MR) is 93.9 cm³/mol. The van der Waals surface area contributed by atoms with Gasteiger partial charge in [-0.2, -0.15) is 0 Å². The first-order valence-corrected chi connectivity index (χ1v) is 7.87. The van der Waals surface area contributed by atoms with Gasteiger partial charge in [-0.05, 0) is 17.7 Å². The first kappa shape index (κ1) is 16.1. The van der Waals surface area contributed by atoms with Gasteiger partial charge in [0.15, 0.2) is 0 Å². The SMILES string of the molecule is O=C(CNC(=O)c1c[nH]c2ccccc12)NCc1ccccc1Cl. The van der Waals surface area contributed by atoms with Crippen LogP contribution in [-0.2, 0) is 11.3 Å². The molecule has 0 spiro atoms. The third kappa shape index (κ3) is 3.58. The molecule has 0 saturated carbocycles. The molecule has 0 bridgehead atoms. The molecule has 0 aliphatic heterocycles. The summed E-state index contributed by atoms with van der Waals surface area (Å²) in [5.41, 5.74) is 2.23. The Morgan fingerprint density at radius 3 is 2.58 bits per heavy atom. The van der Waals surface area contributed by atoms with Crippen LogP contribution in [0.2, 0.25) is 5.02 Å². The standard InChI is InChI=1S/C18H16ClN3O2/c19-15-7-3-1-5-12(15)9-21-17(23)11-22-18(24)14-10-20-16-8-4-2-6-13(14)16/h1-8,10,20H,9,11H2,(H,21,23)(H,22,24). The summed E-state index contributed by atoms with van der Waals surface area (Å²) in [6.45, 7) is 0.226. The maximum Gasteiger partial charge on any atom is 0.253 e. The maximum absolute atomic E-state index is 12.2. The number of carbonyl (C=O) groups excluding carboxylic acids is 2. The van der Waals surface area contributed by atoms with E-state index in [-0.39, 0.29) is 18.4 Å². The number of H-pyrrole nitrogens is 1. The van der Waals surface area contributed by atoms with Gasteiger partial charge in [-0.25, -0.2) is 0 Å². The molecule has 3 aromatic rings. The summed E-state index contributed by atoms with van der Waals surface area (Å²) in [7, 11) is 0. The fourth-order valence-corrected chi connectivity index (χ4v) is 2.62. The second kappa shape index (κ2) is 7.19. The molecular formula is C18H16ClN3O2. The van der Waals surface area contributed by atoms with E-state index in [0.717, 1.165) is 16.5 Å². The molecule has 6 heteroatoms. The summed E-state index contributed by atoms with van der Waals surface area (Å²) >= 11 is 6.03. The van der Waals surface area contributed by atoms with Gasteiger partial charge in [-0.3, -0.25) is 9.59 Å². The van der Waals surface area contributed by atoms with E-state index in [0.29, 0.717) is 17.1 Å². The first-order valence-electron chi connectivity index (χ1n) is 7.49. The van der Waals surface area contributed by atoms with Gasteiger partial charge in [0.1, 0.15) is 0 Å². The molecule has 0 aliphatic rings. The van der Waals surface area contributed by atoms with E-state index in [1.807, 2.05) is 42.5 Å². The van der Waals surface area contributed by atoms with Crippen molar-refractivity contribution in [1.29, 1.82) is 0 Å². The van der Waals surface area contributed by atoms with Gasteiger partial charge in [0.05, 0.1) is 12.1 Å². The van der Waals surface area contributed by atoms with Crippen LogP contribution >= 0.6 is 11.6 Å². The Morgan fingerprint density at radius 1 is 1.00 bits per heavy atom. The molecule has 0 radical (unpaired) electrons. The minimum absolute atomic E-state index is 0.0945. The predicted octanol–water partition coefficient (Wildman–Crippen LogP) is 2.87. The molecule has 0 saturated heterocycles. The Morgan fingerprint density at radius 2 is 1.75 bits per heavy atom. The third-order valence-electron chi connectivity index (χ3n) is 3.68. The fraction of sp³-hybridized carbons (Fsp3) is 0.111. The van der Waals surface area contributed by atoms with Crippen molar-refractivity contribution in [2.24, 2.45) is 0 Å². The van der Waals surface area contributed by atoms with Gasteiger partial charge in [0.2, 0.25) is 5.91 Å². The molecule has 1 heterocycles. The highest BCUT2D eigenvalue weighted by molar-refractivity contribution is 6.31. The van der Waals surface area contributed by atoms with E-state index in [4.69, 9.17) is 11.6 Å². The number of hydrogen-bond acceptors (Lipinski definition) is 2. The van der Waals surface area contributed by atoms with Crippen molar-refractivity contribution in [1.82, 2.24) is 15.6 Å². The number of para-hydroxylation sites is 1. The van der Waals surface area contributed by atoms with E-state index in [1.165, 1.54) is 0 Å². The minimum Gasteiger partial charge on any atom is -0.360 e. The van der Waals surface area contributed by atoms with Crippen LogP contribution in [0.4, 0.5) is 0 Å². The van der Waals surface area contributed by atoms with Gasteiger partial charge in [0, 0.05) is 28.7 Å². The number of aromatic nitrogens is 1. The van der Waals surface area contributed by atoms with Crippen molar-refractivity contribution in [2.45, 2.75) is 6.54 Å². The molecule has 0 aliphatic carbocycles. The molecule has 3 rings (SSSR count). The molecule has 0 fully saturated rings. The lowest BCUT2D eigenvalue weighted by atomic mass is 10.1. The smallest absolute Gasteiger partial charge is 0.253 e. The average molecular weight is 342 g/mol. The molecule has 2 aromatic carbocycles. The number of amides is 2. The highest BCUT2D eigenvalue weighted by Gasteiger charge is 2.12. The summed E-state index contributed by atoms with van der Waals surface area (Å²) in [5.74, 6) is -0.566. The van der Waals surface area contributed by atoms with Crippen LogP contribution in [0.5, 0.6) is 0 Å². The lowest BCUT2D eigenvalue weighted by molar-refractivity contribution is -0.120. The number of aromatic amines is 1. The van der Waals surface area contributed by atoms with Crippen LogP contribution in [0.1, 0.15) is 15.9 Å². The molecule has 24 heavy (non-hydrogen) atoms. The lowest BCUT2D eigenvalue weighted by Crippen LogP contribution is -2.36. The van der Waals surface area contributed by atoms with Gasteiger partial charge < -0.3 is 15.6 Å². The summed E-state index contributed by atoms with van der Waals surface area (Å²) in [5, 5.41) is 6.78. The number of nitrogens with one attached hydrogen (secondary N) is 3. The average Bonchev–Trinajstić information content (AvgIpc) is 3.03. The number of halogens is 1. The van der Waals surface area contributed by atoms with Crippen LogP contribution in [-0.4, -0.2) is 23.3 Å². The van der Waals surface area contributed by atoms with E-state index in [1.54, 1.807) is 12.3 Å². The Labute approximate surface area is 144 Å². The zero-order chi connectivity index (χ0) is 16.9. The number of hydrogen-bond donors (Lipinski definition) is 3. The Bertz CT molecular complexity index is 889. The van der Waals surface area contributed by atoms with Crippen molar-refractivity contribution in [3.63, 3.8) is 0 Å². The molecule has 5 nitrogen and oxygen atoms in total. The van der Waals surface area contributed by atoms with Gasteiger partial charge in [-0.15, -0.1) is 0 Å². The monoisotopic (exact) mass is 341 g/mol. The molecule has 122 valence electrons. The summed E-state index contributed by atoms with van der Waals surface area (Å²) in [6, 6.07) is 14.8. The van der Waals surface area contributed by atoms with Gasteiger partial charge in [0.25, 0.3) is 5.91 Å². The van der Waals surface area contributed by atoms with Crippen molar-refractivity contribution >= 4 is 34.3 Å². The molecule has 0 atom stereocenters. The number of fused-ring (bicyclic) bond motifs is 1. The Balaban J connectivity index is 1.54. The lowest BCUT2D eigenvalue weighted by Gasteiger charge is -2.08. The van der Waals surface area contributed by atoms with Crippen LogP contribution in [0, 0.1) is 0 Å². The largest absolute Gasteiger partial charge is 0.360 e. The molecule has 2 amide bonds. The number of carbonyl (C=O) groups is 2. The van der Waals surface area contributed by atoms with Gasteiger partial charge in [-0.1, -0.05) is 48.0 Å². The normalized spacial score (nSPS) is 10.5. The van der Waals surface area contributed by atoms with Crippen LogP contribution < -0.4 is 10.6 Å². The topological polar surface area (TPSA) is 74.0 Å². The minimum atomic E-state index is -0.291. The quantitative estimate of drug-likeness (QED) is 0.667. The first-order chi connectivity index (χ1) is 11.6. The van der Waals surface area contributed by atoms with E-state index < -0.39 is 0 Å². The highest BCUT2D eigenvalue weighted by Crippen LogP contribution is 2.17. The second-order valence-electron chi connectivity index (χ2n) is 5.30. The van der Waals surface area contributed by atoms with E-state index >= 15 is 0 Å². The fourth-order valence-electron chi connectivity index (χ4n) is 2.41. The molecule has 3 N–H and O–H groups in total. The maximum atomic E-state index is 12.2. The van der Waals surface area contributed by atoms with E-state index in [9.17, 15) is 9.59 Å². The van der Waals surface area contributed by atoms with Crippen LogP contribution in [0.3, 0.4) is 0 Å². The van der Waals surface area contributed by atoms with Crippen molar-refractivity contribution in [3.05, 3.63) is 70.9 Å². The zero-order valence-corrected chi connectivity index (χ0v) is 13.6. The number of rotatable bonds is 5. The zero-order valence-electron chi connectivity index (χ0n) is 12.8. The van der Waals surface area contributed by atoms with Gasteiger partial charge >= 0.3 is 0 Å². The molecule has 0 unspecified atom stereocenters. The number of benzene rings is 2. The van der Waals surface area contributed by atoms with Crippen LogP contribution in [0.15, 0.2) is 54.7 Å². The van der Waals surface area contributed by atoms with Crippen LogP contribution in [0.25, 0.3) is 10.9 Å². The summed E-state index contributed by atoms with van der Waals surface area (Å²) in [6.07, 6.45) is 1.64. The summed E-state index contributed by atoms with van der Waals surface area (Å²) < 4.78 is 0. The van der Waals surface area contributed by atoms with Crippen molar-refractivity contribution < 1.29 is 9.59 Å². The second-order valence-corrected chi connectivity index (χ2v) is 5.71. The summed E-state index contributed by atoms with van der Waals surface area (Å²) in [4.78, 5) is 27.1. The van der Waals surface area contributed by atoms with Crippen molar-refractivity contribution in [3.8, 4) is 0 Å². The van der Waals surface area contributed by atoms with Crippen molar-refractivity contribution in [2.75, 3.05) is 6.54 Å². The van der Waals surface area contributed by atoms with E-state index in [2.05, 4.69) is 15.6 Å². The molecule has 1 aromatic heterocycles. The Hall–Kier alpha value is -2.79.